The molecule has 0 spiro atoms. The number of rotatable bonds is 10. The number of nitrogens with zero attached hydrogens (tertiary/aromatic N) is 2. The van der Waals surface area contributed by atoms with Crippen molar-refractivity contribution in [2.75, 3.05) is 24.8 Å². The van der Waals surface area contributed by atoms with Gasteiger partial charge in [0.15, 0.2) is 0 Å². The highest BCUT2D eigenvalue weighted by Crippen LogP contribution is 2.37. The van der Waals surface area contributed by atoms with Crippen molar-refractivity contribution < 1.29 is 14.0 Å². The summed E-state index contributed by atoms with van der Waals surface area (Å²) in [6.45, 7) is 0.414. The largest absolute Gasteiger partial charge is 0.432 e. The number of aromatic amines is 1. The molecule has 0 aliphatic rings. The molecule has 12 heteroatoms. The summed E-state index contributed by atoms with van der Waals surface area (Å²) in [4.78, 5) is 15.8. The molecule has 0 saturated heterocycles. The fourth-order valence-corrected chi connectivity index (χ4v) is 3.08. The van der Waals surface area contributed by atoms with Gasteiger partial charge >= 0.3 is 13.6 Å². The van der Waals surface area contributed by atoms with Gasteiger partial charge in [-0.15, -0.1) is 23.2 Å². The Bertz CT molecular complexity index is 473. The average Bonchev–Trinajstić information content (AvgIpc) is 2.90. The Morgan fingerprint density at radius 1 is 1.40 bits per heavy atom. The van der Waals surface area contributed by atoms with E-state index in [0.29, 0.717) is 5.69 Å². The van der Waals surface area contributed by atoms with Gasteiger partial charge in [-0.1, -0.05) is 4.98 Å². The van der Waals surface area contributed by atoms with Crippen molar-refractivity contribution in [1.29, 1.82) is 0 Å². The molecular weight excluding hydrogens is 332 g/mol. The number of alkyl halides is 2. The molecular formula is C8H14Cl2N5O4P. The minimum absolute atomic E-state index is 0.136. The monoisotopic (exact) mass is 345 g/mol. The van der Waals surface area contributed by atoms with Gasteiger partial charge in [-0.3, -0.25) is 9.09 Å². The van der Waals surface area contributed by atoms with Gasteiger partial charge in [0.1, 0.15) is 18.5 Å². The van der Waals surface area contributed by atoms with Crippen LogP contribution in [-0.2, 0) is 15.7 Å². The molecule has 0 fully saturated rings. The lowest BCUT2D eigenvalue weighted by molar-refractivity contribution is -0.393. The van der Waals surface area contributed by atoms with E-state index in [1.165, 1.54) is 6.20 Å². The third-order valence-corrected chi connectivity index (χ3v) is 4.17. The van der Waals surface area contributed by atoms with Crippen molar-refractivity contribution in [3.63, 3.8) is 0 Å². The number of hydrogen-bond donors (Lipinski definition) is 3. The second-order valence-electron chi connectivity index (χ2n) is 3.51. The van der Waals surface area contributed by atoms with E-state index in [1.807, 2.05) is 0 Å². The summed E-state index contributed by atoms with van der Waals surface area (Å²) in [7, 11) is -3.32. The highest BCUT2D eigenvalue weighted by Gasteiger charge is 2.23. The fraction of sp³-hybridized carbons (Fsp3) is 0.625. The normalized spacial score (nSPS) is 11.7. The second-order valence-corrected chi connectivity index (χ2v) is 6.26. The summed E-state index contributed by atoms with van der Waals surface area (Å²) in [5.74, 6) is 0.109. The highest BCUT2D eigenvalue weighted by atomic mass is 35.5. The zero-order valence-electron chi connectivity index (χ0n) is 10.3. The molecule has 1 heterocycles. The third-order valence-electron chi connectivity index (χ3n) is 2.02. The molecule has 0 aliphatic carbocycles. The van der Waals surface area contributed by atoms with Gasteiger partial charge in [-0.2, -0.15) is 0 Å². The maximum Gasteiger partial charge on any atom is 0.432 e. The van der Waals surface area contributed by atoms with E-state index in [-0.39, 0.29) is 31.5 Å². The maximum atomic E-state index is 12.3. The van der Waals surface area contributed by atoms with Gasteiger partial charge in [0, 0.05) is 24.8 Å². The van der Waals surface area contributed by atoms with E-state index in [2.05, 4.69) is 20.1 Å². The van der Waals surface area contributed by atoms with Crippen molar-refractivity contribution in [1.82, 2.24) is 20.1 Å². The Balaban J connectivity index is 2.59. The van der Waals surface area contributed by atoms with Gasteiger partial charge in [0.2, 0.25) is 0 Å². The van der Waals surface area contributed by atoms with Crippen LogP contribution in [0.3, 0.4) is 0 Å². The SMILES string of the molecule is O=[N+]([O-])c1ncc(COP(=O)(NCCCl)NCCCl)[nH]1. The van der Waals surface area contributed by atoms with Crippen molar-refractivity contribution in [3.05, 3.63) is 22.0 Å². The van der Waals surface area contributed by atoms with Crippen LogP contribution in [0, 0.1) is 10.1 Å². The van der Waals surface area contributed by atoms with Crippen molar-refractivity contribution in [2.24, 2.45) is 0 Å². The van der Waals surface area contributed by atoms with Crippen LogP contribution in [0.15, 0.2) is 6.20 Å². The molecule has 0 atom stereocenters. The quantitative estimate of drug-likeness (QED) is 0.254. The van der Waals surface area contributed by atoms with Crippen molar-refractivity contribution in [3.8, 4) is 0 Å². The molecule has 1 aromatic rings. The summed E-state index contributed by atoms with van der Waals surface area (Å²) < 4.78 is 17.6. The standard InChI is InChI=1S/C8H14Cl2N5O4P/c9-1-3-12-20(18,13-4-2-10)19-6-7-5-11-8(14-7)15(16)17/h5H,1-4,6H2,(H,11,14)(H2,12,13,18). The molecule has 20 heavy (non-hydrogen) atoms. The van der Waals surface area contributed by atoms with E-state index >= 15 is 0 Å². The summed E-state index contributed by atoms with van der Waals surface area (Å²) in [5.41, 5.74) is 0.331. The van der Waals surface area contributed by atoms with Crippen molar-refractivity contribution in [2.45, 2.75) is 6.61 Å². The Hall–Kier alpha value is -0.700. The van der Waals surface area contributed by atoms with Gasteiger partial charge in [-0.25, -0.2) is 15.2 Å². The van der Waals surface area contributed by atoms with E-state index in [9.17, 15) is 14.7 Å². The Labute approximate surface area is 125 Å². The first-order valence-electron chi connectivity index (χ1n) is 5.56. The summed E-state index contributed by atoms with van der Waals surface area (Å²) >= 11 is 11.0. The van der Waals surface area contributed by atoms with Crippen LogP contribution in [0.2, 0.25) is 0 Å². The average molecular weight is 346 g/mol. The third kappa shape index (κ3) is 5.74. The molecule has 0 radical (unpaired) electrons. The first kappa shape index (κ1) is 17.4. The summed E-state index contributed by atoms with van der Waals surface area (Å²) in [6.07, 6.45) is 1.24. The zero-order chi connectivity index (χ0) is 15.0. The number of nitrogens with one attached hydrogen (secondary N) is 3. The van der Waals surface area contributed by atoms with Crippen LogP contribution >= 0.6 is 30.9 Å². The first-order chi connectivity index (χ1) is 9.50. The van der Waals surface area contributed by atoms with Gasteiger partial charge in [-0.05, 0) is 4.92 Å². The molecule has 0 amide bonds. The Kier molecular flexibility index (Phi) is 7.42. The molecule has 0 aromatic carbocycles. The molecule has 114 valence electrons. The first-order valence-corrected chi connectivity index (χ1v) is 8.25. The van der Waals surface area contributed by atoms with Crippen LogP contribution in [0.5, 0.6) is 0 Å². The number of nitro groups is 1. The lowest BCUT2D eigenvalue weighted by Gasteiger charge is -2.18. The number of imidazole rings is 1. The van der Waals surface area contributed by atoms with Gasteiger partial charge in [0.25, 0.3) is 0 Å². The summed E-state index contributed by atoms with van der Waals surface area (Å²) in [5, 5.41) is 15.7. The number of H-pyrrole nitrogens is 1. The van der Waals surface area contributed by atoms with E-state index in [0.717, 1.165) is 0 Å². The minimum atomic E-state index is -3.32. The Morgan fingerprint density at radius 3 is 2.45 bits per heavy atom. The molecule has 0 saturated carbocycles. The molecule has 0 bridgehead atoms. The van der Waals surface area contributed by atoms with Crippen LogP contribution in [0.25, 0.3) is 0 Å². The number of hydrogen-bond acceptors (Lipinski definition) is 5. The van der Waals surface area contributed by atoms with Crippen LogP contribution in [0.1, 0.15) is 5.69 Å². The topological polar surface area (TPSA) is 122 Å². The fourth-order valence-electron chi connectivity index (χ4n) is 1.20. The highest BCUT2D eigenvalue weighted by molar-refractivity contribution is 7.54. The van der Waals surface area contributed by atoms with Gasteiger partial charge < -0.3 is 10.1 Å². The lowest BCUT2D eigenvalue weighted by atomic mass is 10.5. The molecule has 1 aromatic heterocycles. The van der Waals surface area contributed by atoms with Crippen LogP contribution < -0.4 is 10.2 Å². The lowest BCUT2D eigenvalue weighted by Crippen LogP contribution is -2.27. The van der Waals surface area contributed by atoms with E-state index in [1.54, 1.807) is 0 Å². The zero-order valence-corrected chi connectivity index (χ0v) is 12.7. The van der Waals surface area contributed by atoms with E-state index < -0.39 is 18.5 Å². The van der Waals surface area contributed by atoms with Crippen LogP contribution in [0.4, 0.5) is 5.95 Å². The molecule has 3 N–H and O–H groups in total. The smallest absolute Gasteiger partial charge is 0.390 e. The number of aromatic nitrogens is 2. The predicted octanol–water partition coefficient (Wildman–Crippen LogP) is 1.60. The molecule has 0 unspecified atom stereocenters. The maximum absolute atomic E-state index is 12.3. The Morgan fingerprint density at radius 2 is 2.00 bits per heavy atom. The molecule has 1 rings (SSSR count). The number of halogens is 2. The predicted molar refractivity (Wildman–Crippen MR) is 75.1 cm³/mol. The molecule has 9 nitrogen and oxygen atoms in total. The second kappa shape index (κ2) is 8.56. The van der Waals surface area contributed by atoms with Crippen LogP contribution in [-0.4, -0.2) is 39.7 Å². The minimum Gasteiger partial charge on any atom is -0.390 e. The summed E-state index contributed by atoms with van der Waals surface area (Å²) in [6, 6.07) is 0. The van der Waals surface area contributed by atoms with Crippen molar-refractivity contribution >= 4 is 36.8 Å². The molecule has 0 aliphatic heterocycles. The van der Waals surface area contributed by atoms with Gasteiger partial charge in [0.05, 0.1) is 0 Å². The van der Waals surface area contributed by atoms with E-state index in [4.69, 9.17) is 27.7 Å².